The third-order valence-electron chi connectivity index (χ3n) is 22.9. The highest BCUT2D eigenvalue weighted by atomic mass is 16.7. The van der Waals surface area contributed by atoms with Crippen molar-refractivity contribution in [2.75, 3.05) is 26.4 Å². The molecule has 13 heteroatoms. The number of ether oxygens (including phenoxy) is 4. The maximum Gasteiger partial charge on any atom is 0.339 e. The third-order valence-corrected chi connectivity index (χ3v) is 22.9. The Kier molecular flexibility index (Phi) is 8.59. The van der Waals surface area contributed by atoms with Gasteiger partial charge in [-0.1, -0.05) is 46.3 Å². The Bertz CT molecular complexity index is 2420. The van der Waals surface area contributed by atoms with E-state index in [1.54, 1.807) is 6.26 Å². The quantitative estimate of drug-likeness (QED) is 0.148. The second-order valence-corrected chi connectivity index (χ2v) is 25.5. The molecule has 22 atom stereocenters. The van der Waals surface area contributed by atoms with E-state index in [4.69, 9.17) is 23.4 Å². The minimum absolute atomic E-state index is 0.0322. The molecule has 4 spiro atoms. The second kappa shape index (κ2) is 13.5. The number of hydrogen-bond acceptors (Lipinski definition) is 13. The molecule has 0 radical (unpaired) electrons. The molecule has 6 aliphatic carbocycles. The van der Waals surface area contributed by atoms with Gasteiger partial charge in [-0.3, -0.25) is 14.9 Å². The third kappa shape index (κ3) is 4.66. The zero-order valence-corrected chi connectivity index (χ0v) is 39.8. The zero-order valence-electron chi connectivity index (χ0n) is 39.8. The predicted molar refractivity (Wildman–Crippen MR) is 239 cm³/mol. The fourth-order valence-corrected chi connectivity index (χ4v) is 21.0. The number of furan rings is 1. The Morgan fingerprint density at radius 3 is 2.67 bits per heavy atom. The number of hydrogen-bond donors (Lipinski definition) is 4. The fourth-order valence-electron chi connectivity index (χ4n) is 21.0. The van der Waals surface area contributed by atoms with Gasteiger partial charge in [-0.05, 0) is 135 Å². The Labute approximate surface area is 393 Å². The van der Waals surface area contributed by atoms with E-state index >= 15 is 4.79 Å². The van der Waals surface area contributed by atoms with E-state index in [9.17, 15) is 24.9 Å². The minimum Gasteiger partial charge on any atom is -0.469 e. The summed E-state index contributed by atoms with van der Waals surface area (Å²) in [7, 11) is 0. The molecule has 13 aliphatic rings. The van der Waals surface area contributed by atoms with Gasteiger partial charge in [0.15, 0.2) is 11.9 Å². The van der Waals surface area contributed by atoms with Gasteiger partial charge in [-0.15, -0.1) is 0 Å². The van der Waals surface area contributed by atoms with Crippen molar-refractivity contribution in [3.63, 3.8) is 0 Å². The number of cyclic esters (lactones) is 2. The number of ketones is 1. The fraction of sp³-hybridized carbons (Fsp3) is 0.796. The Hall–Kier alpha value is -3.07. The van der Waals surface area contributed by atoms with Crippen LogP contribution in [0.2, 0.25) is 0 Å². The number of aliphatic hydroxyl groups excluding tert-OH is 3. The van der Waals surface area contributed by atoms with Crippen LogP contribution >= 0.6 is 0 Å². The lowest BCUT2D eigenvalue weighted by Gasteiger charge is -2.70. The number of allylic oxidation sites excluding steroid dienone is 1. The highest BCUT2D eigenvalue weighted by Crippen LogP contribution is 2.88. The molecule has 4 N–H and O–H groups in total. The predicted octanol–water partition coefficient (Wildman–Crippen LogP) is 5.41. The molecule has 1 aromatic heterocycles. The minimum atomic E-state index is -1.49. The molecular weight excluding hydrogens is 853 g/mol. The number of epoxide rings is 1. The van der Waals surface area contributed by atoms with Crippen LogP contribution in [0.25, 0.3) is 0 Å². The van der Waals surface area contributed by atoms with Gasteiger partial charge in [0, 0.05) is 41.3 Å². The molecular formula is C54H70N2O11. The van der Waals surface area contributed by atoms with Crippen LogP contribution in [0.1, 0.15) is 116 Å². The smallest absolute Gasteiger partial charge is 0.339 e. The van der Waals surface area contributed by atoms with Crippen molar-refractivity contribution >= 4 is 17.7 Å². The number of rotatable bonds is 8. The Balaban J connectivity index is 0.900. The monoisotopic (exact) mass is 922 g/mol. The number of esters is 2. The second-order valence-electron chi connectivity index (χ2n) is 25.5. The Morgan fingerprint density at radius 1 is 1.03 bits per heavy atom. The number of fused-ring (bicyclic) bond motifs is 5. The van der Waals surface area contributed by atoms with E-state index in [-0.39, 0.29) is 60.5 Å². The van der Waals surface area contributed by atoms with Gasteiger partial charge in [0.1, 0.15) is 35.8 Å². The van der Waals surface area contributed by atoms with Crippen LogP contribution in [0.4, 0.5) is 0 Å². The number of nitrogens with one attached hydrogen (secondary N) is 1. The van der Waals surface area contributed by atoms with E-state index in [1.807, 2.05) is 13.0 Å². The molecule has 22 unspecified atom stereocenters. The first kappa shape index (κ1) is 42.8. The van der Waals surface area contributed by atoms with Crippen LogP contribution < -0.4 is 5.32 Å². The summed E-state index contributed by atoms with van der Waals surface area (Å²) in [5.74, 6) is -0.990. The lowest BCUT2D eigenvalue weighted by molar-refractivity contribution is -0.280. The van der Waals surface area contributed by atoms with E-state index in [0.29, 0.717) is 48.0 Å². The van der Waals surface area contributed by atoms with Gasteiger partial charge in [0.2, 0.25) is 0 Å². The number of aliphatic hydroxyl groups is 3. The summed E-state index contributed by atoms with van der Waals surface area (Å²) in [4.78, 5) is 48.1. The van der Waals surface area contributed by atoms with Gasteiger partial charge >= 0.3 is 11.9 Å². The van der Waals surface area contributed by atoms with Gasteiger partial charge in [-0.2, -0.15) is 0 Å². The summed E-state index contributed by atoms with van der Waals surface area (Å²) < 4.78 is 34.6. The van der Waals surface area contributed by atoms with Crippen molar-refractivity contribution in [2.24, 2.45) is 86.8 Å². The molecule has 5 saturated heterocycles. The molecule has 14 rings (SSSR count). The highest BCUT2D eigenvalue weighted by molar-refractivity contribution is 5.94. The molecule has 1 aromatic rings. The average molecular weight is 923 g/mol. The summed E-state index contributed by atoms with van der Waals surface area (Å²) in [5.41, 5.74) is -5.13. The number of Topliss-reactive ketones (excluding diaryl/α,β-unsaturated/α-hetero) is 1. The average Bonchev–Trinajstić information content (AvgIpc) is 3.59. The Morgan fingerprint density at radius 2 is 1.87 bits per heavy atom. The van der Waals surface area contributed by atoms with E-state index in [0.717, 1.165) is 71.0 Å². The molecule has 13 nitrogen and oxygen atoms in total. The summed E-state index contributed by atoms with van der Waals surface area (Å²) in [5, 5.41) is 39.1. The molecule has 7 aliphatic heterocycles. The number of carbonyl (C=O) groups is 3. The molecule has 0 aromatic carbocycles. The van der Waals surface area contributed by atoms with E-state index in [2.05, 4.69) is 56.3 Å². The van der Waals surface area contributed by atoms with Crippen LogP contribution in [0, 0.1) is 86.8 Å². The largest absolute Gasteiger partial charge is 0.469 e. The molecule has 6 saturated carbocycles. The van der Waals surface area contributed by atoms with Crippen molar-refractivity contribution in [1.29, 1.82) is 0 Å². The lowest BCUT2D eigenvalue weighted by Crippen LogP contribution is -2.80. The SMILES string of the molecule is CC(C)CC1C=C2CC3CCCC34CC3CC5(C)C(c6ccoc6CC(C(O)CO)C6CCC7C(C=CN8CNCC78)C6)OC(=O)C6OC65C5(C)C(O)C(=O)C6C1(C)OC21C4C(=O)OCC61C35. The summed E-state index contributed by atoms with van der Waals surface area (Å²) in [6, 6.07) is 2.37. The standard InChI is InChI=1S/C54H70N2O11/c1-26(2)15-31-18-32-17-30-7-6-12-51(30)21-29-20-48(3)44(34-11-14-63-38(34)19-35(37(58)23-57)27-8-9-33-28(16-27)10-13-56-25-55-22-36(33)56)65-47(62)45-54(48,66-45)49(4)40(29)52-24-64-46(61)42(51)53(32,52)67-50(31,5)41(52)39(59)43(49)60/h10-11,13-14,18,26-31,33,35-37,40-45,55,57-58,60H,6-9,12,15-17,19-25H2,1-5H3. The molecule has 362 valence electrons. The topological polar surface area (TPSA) is 181 Å². The summed E-state index contributed by atoms with van der Waals surface area (Å²) in [6.07, 6.45) is 13.4. The van der Waals surface area contributed by atoms with Crippen LogP contribution in [0.3, 0.4) is 0 Å². The zero-order chi connectivity index (χ0) is 46.2. The molecule has 11 fully saturated rings. The number of carbonyl (C=O) groups excluding carboxylic acids is 3. The lowest BCUT2D eigenvalue weighted by atomic mass is 9.33. The summed E-state index contributed by atoms with van der Waals surface area (Å²) >= 11 is 0. The van der Waals surface area contributed by atoms with Gasteiger partial charge in [-0.25, -0.2) is 4.79 Å². The van der Waals surface area contributed by atoms with Crippen molar-refractivity contribution in [3.05, 3.63) is 47.6 Å². The van der Waals surface area contributed by atoms with Gasteiger partial charge in [0.05, 0.1) is 48.5 Å². The van der Waals surface area contributed by atoms with Crippen molar-refractivity contribution in [1.82, 2.24) is 10.2 Å². The maximum atomic E-state index is 16.0. The van der Waals surface area contributed by atoms with Crippen molar-refractivity contribution in [3.8, 4) is 0 Å². The van der Waals surface area contributed by atoms with Crippen LogP contribution in [0.15, 0.2) is 40.7 Å². The first-order valence-electron chi connectivity index (χ1n) is 26.2. The summed E-state index contributed by atoms with van der Waals surface area (Å²) in [6.45, 7) is 12.2. The number of nitrogens with zero attached hydrogens (tertiary/aromatic N) is 1. The van der Waals surface area contributed by atoms with Crippen molar-refractivity contribution < 1.29 is 53.1 Å². The first-order valence-corrected chi connectivity index (χ1v) is 26.2. The first-order chi connectivity index (χ1) is 32.1. The van der Waals surface area contributed by atoms with Gasteiger partial charge in [0.25, 0.3) is 0 Å². The van der Waals surface area contributed by atoms with Crippen LogP contribution in [0.5, 0.6) is 0 Å². The van der Waals surface area contributed by atoms with Gasteiger partial charge < -0.3 is 43.6 Å². The van der Waals surface area contributed by atoms with Crippen LogP contribution in [-0.4, -0.2) is 106 Å². The van der Waals surface area contributed by atoms with E-state index < -0.39 is 80.7 Å². The molecule has 8 heterocycles. The molecule has 5 bridgehead atoms. The maximum absolute atomic E-state index is 16.0. The van der Waals surface area contributed by atoms with Crippen LogP contribution in [-0.2, 0) is 39.8 Å². The molecule has 67 heavy (non-hydrogen) atoms. The van der Waals surface area contributed by atoms with E-state index in [1.165, 1.54) is 5.57 Å². The molecule has 0 amide bonds. The van der Waals surface area contributed by atoms with Crippen molar-refractivity contribution in [2.45, 2.75) is 153 Å². The highest BCUT2D eigenvalue weighted by Gasteiger charge is 2.97. The normalized spacial score (nSPS) is 54.2.